The van der Waals surface area contributed by atoms with Crippen LogP contribution in [-0.2, 0) is 4.74 Å². The van der Waals surface area contributed by atoms with Gasteiger partial charge in [0.1, 0.15) is 11.3 Å². The Balaban J connectivity index is 1.80. The van der Waals surface area contributed by atoms with Gasteiger partial charge in [0.25, 0.3) is 0 Å². The van der Waals surface area contributed by atoms with Crippen molar-refractivity contribution >= 4 is 28.6 Å². The molecule has 11 heteroatoms. The number of methoxy groups -OCH3 is 2. The first-order valence-corrected chi connectivity index (χ1v) is 11.3. The van der Waals surface area contributed by atoms with Gasteiger partial charge in [0.15, 0.2) is 17.2 Å². The molecule has 0 bridgehead atoms. The van der Waals surface area contributed by atoms with E-state index < -0.39 is 22.6 Å². The van der Waals surface area contributed by atoms with E-state index >= 15 is 0 Å². The fraction of sp³-hybridized carbons (Fsp3) is 0.148. The zero-order valence-corrected chi connectivity index (χ0v) is 20.6. The maximum atomic E-state index is 13.6. The Morgan fingerprint density at radius 2 is 1.74 bits per heavy atom. The van der Waals surface area contributed by atoms with Gasteiger partial charge in [-0.2, -0.15) is 5.23 Å². The molecule has 1 atom stereocenters. The molecule has 38 heavy (non-hydrogen) atoms. The standard InChI is InChI=1S/C27H23NO10/c1-4-36-27(31)25-23(15-8-11-20(34-2)22(13-15)35-3)24(29)19-10-9-18(14-21(19)38-25)37-26(30)16-6-5-7-17(12-16)28(32)33/h5-14,28,32H,4H2,1-3H3. The number of quaternary nitrogens is 1. The number of hydrogen-bond acceptors (Lipinski definition) is 10. The normalized spacial score (nSPS) is 11.6. The molecule has 0 aliphatic heterocycles. The highest BCUT2D eigenvalue weighted by molar-refractivity contribution is 5.98. The van der Waals surface area contributed by atoms with E-state index in [1.165, 1.54) is 56.7 Å². The molecule has 1 heterocycles. The molecule has 3 aromatic carbocycles. The minimum Gasteiger partial charge on any atom is -0.595 e. The molecule has 4 aromatic rings. The molecule has 0 saturated heterocycles. The predicted molar refractivity (Wildman–Crippen MR) is 134 cm³/mol. The van der Waals surface area contributed by atoms with Crippen molar-refractivity contribution in [2.75, 3.05) is 20.8 Å². The average molecular weight is 521 g/mol. The topological polar surface area (TPSA) is 149 Å². The van der Waals surface area contributed by atoms with Gasteiger partial charge in [0.05, 0.1) is 37.3 Å². The van der Waals surface area contributed by atoms with Crippen LogP contribution in [0.3, 0.4) is 0 Å². The summed E-state index contributed by atoms with van der Waals surface area (Å²) < 4.78 is 26.9. The smallest absolute Gasteiger partial charge is 0.375 e. The number of hydrogen-bond donors (Lipinski definition) is 2. The Kier molecular flexibility index (Phi) is 7.72. The van der Waals surface area contributed by atoms with Crippen LogP contribution in [0.25, 0.3) is 22.1 Å². The van der Waals surface area contributed by atoms with Crippen LogP contribution in [0.1, 0.15) is 27.8 Å². The SMILES string of the molecule is CCOC(=O)c1oc2cc(OC(=O)c3cccc([NH+]([O-])O)c3)ccc2c(=O)c1-c1ccc(OC)c(OC)c1. The van der Waals surface area contributed by atoms with Gasteiger partial charge in [0, 0.05) is 18.2 Å². The summed E-state index contributed by atoms with van der Waals surface area (Å²) >= 11 is 0. The monoisotopic (exact) mass is 521 g/mol. The van der Waals surface area contributed by atoms with Gasteiger partial charge in [-0.25, -0.2) is 14.8 Å². The molecular weight excluding hydrogens is 498 g/mol. The van der Waals surface area contributed by atoms with Crippen molar-refractivity contribution in [3.63, 3.8) is 0 Å². The first-order chi connectivity index (χ1) is 18.3. The van der Waals surface area contributed by atoms with Gasteiger partial charge in [-0.1, -0.05) is 12.1 Å². The quantitative estimate of drug-likeness (QED) is 0.201. The van der Waals surface area contributed by atoms with Crippen LogP contribution < -0.4 is 24.9 Å². The van der Waals surface area contributed by atoms with Crippen LogP contribution in [0.4, 0.5) is 5.69 Å². The van der Waals surface area contributed by atoms with E-state index in [1.807, 2.05) is 0 Å². The fourth-order valence-corrected chi connectivity index (χ4v) is 3.78. The van der Waals surface area contributed by atoms with Crippen molar-refractivity contribution in [2.24, 2.45) is 0 Å². The first kappa shape index (κ1) is 26.4. The van der Waals surface area contributed by atoms with Crippen molar-refractivity contribution in [2.45, 2.75) is 6.92 Å². The Morgan fingerprint density at radius 1 is 0.974 bits per heavy atom. The number of fused-ring (bicyclic) bond motifs is 1. The molecule has 1 aromatic heterocycles. The molecule has 0 amide bonds. The number of rotatable bonds is 8. The van der Waals surface area contributed by atoms with Crippen LogP contribution in [0.2, 0.25) is 0 Å². The molecule has 4 rings (SSSR count). The van der Waals surface area contributed by atoms with E-state index in [1.54, 1.807) is 25.1 Å². The van der Waals surface area contributed by atoms with Gasteiger partial charge in [0.2, 0.25) is 11.2 Å². The minimum atomic E-state index is -1.19. The number of esters is 2. The lowest BCUT2D eigenvalue weighted by atomic mass is 10.0. The van der Waals surface area contributed by atoms with E-state index in [4.69, 9.17) is 28.6 Å². The van der Waals surface area contributed by atoms with Crippen LogP contribution in [0.15, 0.2) is 69.9 Å². The number of benzene rings is 3. The number of carbonyl (C=O) groups is 2. The predicted octanol–water partition coefficient (Wildman–Crippen LogP) is 3.28. The number of nitrogens with one attached hydrogen (secondary N) is 1. The van der Waals surface area contributed by atoms with Gasteiger partial charge in [-0.15, -0.1) is 0 Å². The van der Waals surface area contributed by atoms with Gasteiger partial charge in [-0.05, 0) is 42.8 Å². The van der Waals surface area contributed by atoms with Gasteiger partial charge in [-0.3, -0.25) is 4.79 Å². The summed E-state index contributed by atoms with van der Waals surface area (Å²) in [6.45, 7) is 1.66. The molecule has 0 aliphatic rings. The highest BCUT2D eigenvalue weighted by Gasteiger charge is 2.24. The Labute approximate surface area is 215 Å². The van der Waals surface area contributed by atoms with Crippen molar-refractivity contribution < 1.29 is 43.4 Å². The van der Waals surface area contributed by atoms with E-state index in [2.05, 4.69) is 0 Å². The lowest BCUT2D eigenvalue weighted by Gasteiger charge is -2.13. The molecule has 0 spiro atoms. The van der Waals surface area contributed by atoms with Crippen molar-refractivity contribution in [1.29, 1.82) is 0 Å². The van der Waals surface area contributed by atoms with Crippen molar-refractivity contribution in [3.05, 3.63) is 87.4 Å². The molecule has 0 aliphatic carbocycles. The van der Waals surface area contributed by atoms with Crippen LogP contribution in [0.5, 0.6) is 17.2 Å². The Bertz CT molecular complexity index is 1570. The summed E-state index contributed by atoms with van der Waals surface area (Å²) in [5.74, 6) is -1.23. The largest absolute Gasteiger partial charge is 0.595 e. The summed E-state index contributed by atoms with van der Waals surface area (Å²) in [6, 6.07) is 14.1. The van der Waals surface area contributed by atoms with Crippen LogP contribution in [0, 0.1) is 5.21 Å². The van der Waals surface area contributed by atoms with E-state index in [9.17, 15) is 19.6 Å². The third-order valence-corrected chi connectivity index (χ3v) is 5.55. The van der Waals surface area contributed by atoms with Crippen molar-refractivity contribution in [3.8, 4) is 28.4 Å². The third kappa shape index (κ3) is 5.20. The molecule has 0 saturated carbocycles. The molecule has 2 N–H and O–H groups in total. The molecular formula is C27H23NO10. The zero-order chi connectivity index (χ0) is 27.4. The second kappa shape index (κ2) is 11.1. The zero-order valence-electron chi connectivity index (χ0n) is 20.6. The maximum Gasteiger partial charge on any atom is 0.375 e. The summed E-state index contributed by atoms with van der Waals surface area (Å²) in [5, 5.41) is 19.3. The molecule has 1 unspecified atom stereocenters. The van der Waals surface area contributed by atoms with E-state index in [-0.39, 0.29) is 45.9 Å². The average Bonchev–Trinajstić information content (AvgIpc) is 2.92. The second-order valence-electron chi connectivity index (χ2n) is 7.86. The number of carbonyl (C=O) groups excluding carboxylic acids is 2. The van der Waals surface area contributed by atoms with Gasteiger partial charge < -0.3 is 28.6 Å². The number of ether oxygens (including phenoxy) is 4. The summed E-state index contributed by atoms with van der Waals surface area (Å²) in [5.41, 5.74) is -0.295. The maximum absolute atomic E-state index is 13.6. The Hall–Kier alpha value is -4.71. The van der Waals surface area contributed by atoms with E-state index in [0.29, 0.717) is 17.1 Å². The van der Waals surface area contributed by atoms with Crippen LogP contribution in [-0.4, -0.2) is 38.0 Å². The Morgan fingerprint density at radius 3 is 2.42 bits per heavy atom. The van der Waals surface area contributed by atoms with E-state index in [0.717, 1.165) is 0 Å². The minimum absolute atomic E-state index is 0.0139. The first-order valence-electron chi connectivity index (χ1n) is 11.3. The van der Waals surface area contributed by atoms with Crippen LogP contribution >= 0.6 is 0 Å². The second-order valence-corrected chi connectivity index (χ2v) is 7.86. The summed E-state index contributed by atoms with van der Waals surface area (Å²) in [4.78, 5) is 39.0. The molecule has 196 valence electrons. The third-order valence-electron chi connectivity index (χ3n) is 5.55. The van der Waals surface area contributed by atoms with Gasteiger partial charge >= 0.3 is 11.9 Å². The summed E-state index contributed by atoms with van der Waals surface area (Å²) in [6.07, 6.45) is 0. The molecule has 0 radical (unpaired) electrons. The summed E-state index contributed by atoms with van der Waals surface area (Å²) in [7, 11) is 2.91. The lowest BCUT2D eigenvalue weighted by Crippen LogP contribution is -2.99. The molecule has 11 nitrogen and oxygen atoms in total. The lowest BCUT2D eigenvalue weighted by molar-refractivity contribution is -0.991. The fourth-order valence-electron chi connectivity index (χ4n) is 3.78. The molecule has 0 fully saturated rings. The highest BCUT2D eigenvalue weighted by Crippen LogP contribution is 2.34. The van der Waals surface area contributed by atoms with Crippen molar-refractivity contribution in [1.82, 2.24) is 0 Å². The highest BCUT2D eigenvalue weighted by atomic mass is 16.8.